The predicted molar refractivity (Wildman–Crippen MR) is 195 cm³/mol. The van der Waals surface area contributed by atoms with Crippen molar-refractivity contribution in [2.75, 3.05) is 27.3 Å². The molecule has 8 heteroatoms. The Kier molecular flexibility index (Phi) is 11.5. The first-order valence-corrected chi connectivity index (χ1v) is 17.7. The molecule has 0 bridgehead atoms. The van der Waals surface area contributed by atoms with Gasteiger partial charge in [-0.2, -0.15) is 0 Å². The molecule has 2 aromatic rings. The van der Waals surface area contributed by atoms with Crippen molar-refractivity contribution >= 4 is 17.1 Å². The first-order valence-electron chi connectivity index (χ1n) is 17.7. The van der Waals surface area contributed by atoms with Crippen molar-refractivity contribution in [1.82, 2.24) is 25.1 Å². The molecule has 3 aliphatic carbocycles. The molecule has 0 spiro atoms. The summed E-state index contributed by atoms with van der Waals surface area (Å²) in [6.07, 6.45) is 20.7. The molecule has 0 radical (unpaired) electrons. The van der Waals surface area contributed by atoms with E-state index in [4.69, 9.17) is 9.84 Å². The molecule has 2 saturated carbocycles. The van der Waals surface area contributed by atoms with E-state index in [1.165, 1.54) is 51.8 Å². The van der Waals surface area contributed by atoms with Crippen LogP contribution < -0.4 is 10.6 Å². The third-order valence-electron chi connectivity index (χ3n) is 10.4. The van der Waals surface area contributed by atoms with E-state index in [0.717, 1.165) is 69.6 Å². The number of aryl methyl sites for hydroxylation is 2. The lowest BCUT2D eigenvalue weighted by Gasteiger charge is -2.33. The third-order valence-corrected chi connectivity index (χ3v) is 10.4. The van der Waals surface area contributed by atoms with Gasteiger partial charge in [0.2, 0.25) is 5.91 Å². The van der Waals surface area contributed by atoms with Gasteiger partial charge >= 0.3 is 0 Å². The van der Waals surface area contributed by atoms with Gasteiger partial charge in [0.15, 0.2) is 0 Å². The van der Waals surface area contributed by atoms with Gasteiger partial charge in [0.1, 0.15) is 5.60 Å². The highest BCUT2D eigenvalue weighted by atomic mass is 16.5. The number of aromatic nitrogens is 2. The van der Waals surface area contributed by atoms with Crippen LogP contribution >= 0.6 is 0 Å². The summed E-state index contributed by atoms with van der Waals surface area (Å²) in [4.78, 5) is 19.6. The summed E-state index contributed by atoms with van der Waals surface area (Å²) in [5.74, 6) is 1.12. The van der Waals surface area contributed by atoms with Crippen LogP contribution in [0.4, 0.5) is 0 Å². The van der Waals surface area contributed by atoms with E-state index in [9.17, 15) is 4.79 Å². The van der Waals surface area contributed by atoms with E-state index < -0.39 is 0 Å². The van der Waals surface area contributed by atoms with Gasteiger partial charge < -0.3 is 29.9 Å². The molecule has 3 heterocycles. The Morgan fingerprint density at radius 1 is 1.19 bits per heavy atom. The van der Waals surface area contributed by atoms with Gasteiger partial charge in [-0.05, 0) is 85.1 Å². The van der Waals surface area contributed by atoms with Crippen molar-refractivity contribution in [3.63, 3.8) is 0 Å². The number of likely N-dealkylation sites (tertiary alicyclic amines) is 1. The maximum absolute atomic E-state index is 13.0. The number of nitrogens with zero attached hydrogens (tertiary/aromatic N) is 3. The molecule has 2 unspecified atom stereocenters. The highest BCUT2D eigenvalue weighted by Gasteiger charge is 2.47. The number of carbonyl (C=O) groups is 1. The number of benzene rings is 1. The van der Waals surface area contributed by atoms with Gasteiger partial charge in [0.05, 0.1) is 30.3 Å². The molecule has 3 N–H and O–H groups in total. The lowest BCUT2D eigenvalue weighted by molar-refractivity contribution is -0.131. The Morgan fingerprint density at radius 3 is 2.54 bits per heavy atom. The average molecular weight is 654 g/mol. The van der Waals surface area contributed by atoms with Crippen LogP contribution in [0, 0.1) is 12.8 Å². The van der Waals surface area contributed by atoms with Gasteiger partial charge in [-0.15, -0.1) is 0 Å². The van der Waals surface area contributed by atoms with E-state index in [2.05, 4.69) is 88.3 Å². The lowest BCUT2D eigenvalue weighted by atomic mass is 9.83. The number of dihydropyridines is 1. The molecule has 2 atom stereocenters. The zero-order valence-corrected chi connectivity index (χ0v) is 29.8. The van der Waals surface area contributed by atoms with Crippen LogP contribution in [0.1, 0.15) is 93.6 Å². The minimum atomic E-state index is -0.314. The monoisotopic (exact) mass is 653 g/mol. The minimum Gasteiger partial charge on any atom is -0.400 e. The zero-order valence-electron chi connectivity index (χ0n) is 29.8. The second-order valence-electron chi connectivity index (χ2n) is 13.3. The number of hydrogen-bond donors (Lipinski definition) is 3. The van der Waals surface area contributed by atoms with Gasteiger partial charge in [0.25, 0.3) is 0 Å². The second-order valence-corrected chi connectivity index (χ2v) is 13.3. The highest BCUT2D eigenvalue weighted by Crippen LogP contribution is 2.48. The number of ether oxygens (including phenoxy) is 1. The standard InChI is InChI=1S/C37H45N5O2.C2H6.CH4O/c1-24-7-11-29-30(20-24)31(36(32-22-38-23-41(32)3)40-25(2)37(44-4)15-16-37)21-28-6-5-17-39-35(28)34(29)27-13-18-42(19-14-27)33(43)12-10-26-8-9-26;2*1-2/h5-7,11,17,20-23,26,35-36,39-40H,2,8-10,12-16,18-19H2,1,3-4H3;1-2H3;2H,1H3. The molecule has 258 valence electrons. The fourth-order valence-electron chi connectivity index (χ4n) is 7.26. The number of carbonyl (C=O) groups excluding carboxylic acids is 1. The number of aliphatic hydroxyl groups is 1. The maximum atomic E-state index is 13.0. The van der Waals surface area contributed by atoms with Crippen LogP contribution in [0.5, 0.6) is 0 Å². The molecule has 2 aliphatic heterocycles. The average Bonchev–Trinajstić information content (AvgIpc) is 4.06. The first kappa shape index (κ1) is 35.4. The fraction of sp³-hybridized carbons (Fsp3) is 0.500. The van der Waals surface area contributed by atoms with Crippen molar-refractivity contribution in [2.45, 2.75) is 89.8 Å². The molecule has 1 aromatic carbocycles. The van der Waals surface area contributed by atoms with Crippen LogP contribution in [0.15, 0.2) is 78.6 Å². The first-order chi connectivity index (χ1) is 23.4. The number of amides is 1. The molecule has 3 fully saturated rings. The smallest absolute Gasteiger partial charge is 0.222 e. The number of hydrogen-bond acceptors (Lipinski definition) is 6. The van der Waals surface area contributed by atoms with Crippen LogP contribution in [0.3, 0.4) is 0 Å². The summed E-state index contributed by atoms with van der Waals surface area (Å²) >= 11 is 0. The van der Waals surface area contributed by atoms with Crippen LogP contribution in [0.25, 0.3) is 11.1 Å². The van der Waals surface area contributed by atoms with Crippen molar-refractivity contribution in [3.05, 3.63) is 101 Å². The fourth-order valence-corrected chi connectivity index (χ4v) is 7.26. The number of methoxy groups -OCH3 is 1. The normalized spacial score (nSPS) is 21.0. The predicted octanol–water partition coefficient (Wildman–Crippen LogP) is 6.76. The number of nitrogens with one attached hydrogen (secondary N) is 2. The summed E-state index contributed by atoms with van der Waals surface area (Å²) in [6, 6.07) is 6.74. The Hall–Kier alpha value is -3.88. The Morgan fingerprint density at radius 2 is 1.92 bits per heavy atom. The van der Waals surface area contributed by atoms with E-state index >= 15 is 0 Å². The summed E-state index contributed by atoms with van der Waals surface area (Å²) in [5.41, 5.74) is 10.6. The third kappa shape index (κ3) is 7.40. The molecular weight excluding hydrogens is 598 g/mol. The number of allylic oxidation sites excluding steroid dienone is 2. The largest absolute Gasteiger partial charge is 0.400 e. The van der Waals surface area contributed by atoms with Crippen molar-refractivity contribution in [1.29, 1.82) is 0 Å². The second kappa shape index (κ2) is 15.6. The van der Waals surface area contributed by atoms with E-state index in [1.807, 2.05) is 26.4 Å². The molecule has 5 aliphatic rings. The summed E-state index contributed by atoms with van der Waals surface area (Å²) in [6.45, 7) is 12.2. The highest BCUT2D eigenvalue weighted by molar-refractivity contribution is 5.91. The summed E-state index contributed by atoms with van der Waals surface area (Å²) in [5, 5.41) is 14.5. The maximum Gasteiger partial charge on any atom is 0.222 e. The topological polar surface area (TPSA) is 91.7 Å². The van der Waals surface area contributed by atoms with E-state index in [0.29, 0.717) is 12.3 Å². The number of fused-ring (bicyclic) bond motifs is 2. The van der Waals surface area contributed by atoms with Gasteiger partial charge in [-0.25, -0.2) is 4.98 Å². The Bertz CT molecular complexity index is 1590. The number of piperidine rings is 1. The Balaban J connectivity index is 0.00000109. The number of rotatable bonds is 9. The van der Waals surface area contributed by atoms with Gasteiger partial charge in [-0.3, -0.25) is 4.79 Å². The molecule has 1 aromatic heterocycles. The van der Waals surface area contributed by atoms with Crippen molar-refractivity contribution in [2.24, 2.45) is 13.0 Å². The molecular formula is C40H55N5O3. The quantitative estimate of drug-likeness (QED) is 0.277. The van der Waals surface area contributed by atoms with E-state index in [1.54, 1.807) is 7.11 Å². The summed E-state index contributed by atoms with van der Waals surface area (Å²) in [7, 11) is 4.83. The zero-order chi connectivity index (χ0) is 34.4. The van der Waals surface area contributed by atoms with Gasteiger partial charge in [0, 0.05) is 46.5 Å². The SMILES string of the molecule is C=C(NC(C1=CC2=CC=CNC2C(=C2CCN(C(=O)CCC3CC3)CC2)c2ccc(C)cc21)c1cncn1C)C1(OC)CC1.CC.CO. The number of aliphatic hydroxyl groups excluding tert-OH is 1. The Labute approximate surface area is 287 Å². The summed E-state index contributed by atoms with van der Waals surface area (Å²) < 4.78 is 8.02. The molecule has 48 heavy (non-hydrogen) atoms. The molecule has 7 rings (SSSR count). The van der Waals surface area contributed by atoms with E-state index in [-0.39, 0.29) is 17.7 Å². The minimum absolute atomic E-state index is 0.0372. The van der Waals surface area contributed by atoms with Crippen molar-refractivity contribution in [3.8, 4) is 0 Å². The molecule has 1 amide bonds. The van der Waals surface area contributed by atoms with Crippen LogP contribution in [0.2, 0.25) is 0 Å². The van der Waals surface area contributed by atoms with Crippen molar-refractivity contribution < 1.29 is 14.6 Å². The van der Waals surface area contributed by atoms with Crippen LogP contribution in [-0.4, -0.2) is 64.4 Å². The number of imidazole rings is 1. The lowest BCUT2D eigenvalue weighted by Crippen LogP contribution is -2.37. The van der Waals surface area contributed by atoms with Crippen LogP contribution in [-0.2, 0) is 16.6 Å². The molecule has 8 nitrogen and oxygen atoms in total. The molecule has 1 saturated heterocycles. The van der Waals surface area contributed by atoms with Gasteiger partial charge in [-0.1, -0.05) is 74.8 Å².